The molecule has 0 spiro atoms. The number of rotatable bonds is 1. The van der Waals surface area contributed by atoms with E-state index in [1.54, 1.807) is 6.07 Å². The molecule has 98 valence electrons. The first-order valence-electron chi connectivity index (χ1n) is 6.04. The maximum Gasteiger partial charge on any atom is 0.0610 e. The Morgan fingerprint density at radius 2 is 1.68 bits per heavy atom. The summed E-state index contributed by atoms with van der Waals surface area (Å²) in [6.07, 6.45) is 0. The Kier molecular flexibility index (Phi) is 2.97. The van der Waals surface area contributed by atoms with Gasteiger partial charge in [-0.05, 0) is 55.1 Å². The van der Waals surface area contributed by atoms with Gasteiger partial charge in [-0.1, -0.05) is 29.3 Å². The second kappa shape index (κ2) is 4.41. The lowest BCUT2D eigenvalue weighted by Crippen LogP contribution is -2.19. The van der Waals surface area contributed by atoms with Gasteiger partial charge in [-0.15, -0.1) is 0 Å². The van der Waals surface area contributed by atoms with Gasteiger partial charge in [0.05, 0.1) is 6.04 Å². The van der Waals surface area contributed by atoms with Crippen molar-refractivity contribution in [3.8, 4) is 11.1 Å². The minimum Gasteiger partial charge on any atom is -0.398 e. The standard InChI is InChI=1S/C15H14Cl2N2/c1-19(2)15-11-5-8(16)3-4-10(11)14-12(15)6-9(17)7-13(14)18/h3-7,15H,18H2,1-2H3/t15-/m1/s1. The molecule has 3 rings (SSSR count). The summed E-state index contributed by atoms with van der Waals surface area (Å²) in [5.41, 5.74) is 11.4. The highest BCUT2D eigenvalue weighted by Gasteiger charge is 2.32. The zero-order valence-corrected chi connectivity index (χ0v) is 12.3. The van der Waals surface area contributed by atoms with Crippen molar-refractivity contribution in [2.24, 2.45) is 0 Å². The normalized spacial score (nSPS) is 16.6. The largest absolute Gasteiger partial charge is 0.398 e. The molecule has 2 N–H and O–H groups in total. The van der Waals surface area contributed by atoms with Crippen LogP contribution in [-0.2, 0) is 0 Å². The molecule has 0 bridgehead atoms. The zero-order chi connectivity index (χ0) is 13.7. The van der Waals surface area contributed by atoms with E-state index in [1.165, 1.54) is 5.56 Å². The Balaban J connectivity index is 2.35. The molecule has 1 aliphatic carbocycles. The first kappa shape index (κ1) is 12.8. The lowest BCUT2D eigenvalue weighted by molar-refractivity contribution is 0.348. The average molecular weight is 293 g/mol. The maximum atomic E-state index is 6.15. The number of anilines is 1. The molecule has 4 heteroatoms. The number of halogens is 2. The number of fused-ring (bicyclic) bond motifs is 3. The minimum absolute atomic E-state index is 0.143. The van der Waals surface area contributed by atoms with E-state index < -0.39 is 0 Å². The van der Waals surface area contributed by atoms with Gasteiger partial charge in [0.15, 0.2) is 0 Å². The number of nitrogen functional groups attached to an aromatic ring is 1. The molecule has 19 heavy (non-hydrogen) atoms. The Morgan fingerprint density at radius 1 is 1.00 bits per heavy atom. The quantitative estimate of drug-likeness (QED) is 0.798. The topological polar surface area (TPSA) is 29.3 Å². The van der Waals surface area contributed by atoms with E-state index >= 15 is 0 Å². The van der Waals surface area contributed by atoms with E-state index in [1.807, 2.05) is 38.4 Å². The van der Waals surface area contributed by atoms with Crippen molar-refractivity contribution in [3.05, 3.63) is 51.5 Å². The molecule has 0 aromatic heterocycles. The monoisotopic (exact) mass is 292 g/mol. The van der Waals surface area contributed by atoms with Gasteiger partial charge in [0, 0.05) is 21.3 Å². The molecule has 0 aliphatic heterocycles. The van der Waals surface area contributed by atoms with Crippen molar-refractivity contribution in [3.63, 3.8) is 0 Å². The van der Waals surface area contributed by atoms with Crippen LogP contribution >= 0.6 is 23.2 Å². The van der Waals surface area contributed by atoms with Crippen molar-refractivity contribution in [2.75, 3.05) is 19.8 Å². The maximum absolute atomic E-state index is 6.15. The summed E-state index contributed by atoms with van der Waals surface area (Å²) >= 11 is 12.3. The third-order valence-electron chi connectivity index (χ3n) is 3.55. The highest BCUT2D eigenvalue weighted by molar-refractivity contribution is 6.31. The molecule has 1 atom stereocenters. The molecular weight excluding hydrogens is 279 g/mol. The fourth-order valence-electron chi connectivity index (χ4n) is 2.89. The summed E-state index contributed by atoms with van der Waals surface area (Å²) in [4.78, 5) is 2.15. The van der Waals surface area contributed by atoms with Crippen molar-refractivity contribution >= 4 is 28.9 Å². The molecule has 0 fully saturated rings. The summed E-state index contributed by atoms with van der Waals surface area (Å²) in [5.74, 6) is 0. The fourth-order valence-corrected chi connectivity index (χ4v) is 3.30. The predicted molar refractivity (Wildman–Crippen MR) is 81.8 cm³/mol. The van der Waals surface area contributed by atoms with Crippen LogP contribution in [0, 0.1) is 0 Å². The van der Waals surface area contributed by atoms with Crippen LogP contribution in [-0.4, -0.2) is 19.0 Å². The molecular formula is C15H14Cl2N2. The molecule has 0 unspecified atom stereocenters. The summed E-state index contributed by atoms with van der Waals surface area (Å²) in [7, 11) is 4.09. The van der Waals surface area contributed by atoms with Crippen molar-refractivity contribution in [1.29, 1.82) is 0 Å². The van der Waals surface area contributed by atoms with E-state index in [2.05, 4.69) is 4.90 Å². The molecule has 2 aromatic rings. The van der Waals surface area contributed by atoms with Crippen LogP contribution in [0.3, 0.4) is 0 Å². The second-order valence-electron chi connectivity index (χ2n) is 5.06. The Labute approximate surface area is 122 Å². The first-order chi connectivity index (χ1) is 8.99. The van der Waals surface area contributed by atoms with Crippen LogP contribution in [0.4, 0.5) is 5.69 Å². The number of nitrogens with zero attached hydrogens (tertiary/aromatic N) is 1. The Bertz CT molecular complexity index is 665. The van der Waals surface area contributed by atoms with Crippen LogP contribution in [0.25, 0.3) is 11.1 Å². The van der Waals surface area contributed by atoms with Crippen molar-refractivity contribution in [2.45, 2.75) is 6.04 Å². The third kappa shape index (κ3) is 1.91. The number of benzene rings is 2. The highest BCUT2D eigenvalue weighted by Crippen LogP contribution is 2.49. The zero-order valence-electron chi connectivity index (χ0n) is 10.7. The van der Waals surface area contributed by atoms with E-state index in [9.17, 15) is 0 Å². The molecule has 1 aliphatic rings. The van der Waals surface area contributed by atoms with Gasteiger partial charge in [-0.25, -0.2) is 0 Å². The molecule has 0 saturated heterocycles. The molecule has 0 heterocycles. The lowest BCUT2D eigenvalue weighted by Gasteiger charge is -2.22. The molecule has 2 nitrogen and oxygen atoms in total. The average Bonchev–Trinajstić information content (AvgIpc) is 2.61. The summed E-state index contributed by atoms with van der Waals surface area (Å²) in [6, 6.07) is 9.88. The van der Waals surface area contributed by atoms with Crippen LogP contribution in [0.2, 0.25) is 10.0 Å². The Hall–Kier alpha value is -1.22. The summed E-state index contributed by atoms with van der Waals surface area (Å²) in [5, 5.41) is 1.41. The summed E-state index contributed by atoms with van der Waals surface area (Å²) in [6.45, 7) is 0. The van der Waals surface area contributed by atoms with Crippen LogP contribution < -0.4 is 5.73 Å². The van der Waals surface area contributed by atoms with Gasteiger partial charge in [-0.2, -0.15) is 0 Å². The fraction of sp³-hybridized carbons (Fsp3) is 0.200. The van der Waals surface area contributed by atoms with Crippen molar-refractivity contribution < 1.29 is 0 Å². The second-order valence-corrected chi connectivity index (χ2v) is 5.93. The van der Waals surface area contributed by atoms with Crippen LogP contribution in [0.15, 0.2) is 30.3 Å². The molecule has 0 amide bonds. The van der Waals surface area contributed by atoms with E-state index in [0.29, 0.717) is 5.02 Å². The minimum atomic E-state index is 0.143. The van der Waals surface area contributed by atoms with Gasteiger partial charge >= 0.3 is 0 Å². The highest BCUT2D eigenvalue weighted by atomic mass is 35.5. The number of hydrogen-bond acceptors (Lipinski definition) is 2. The van der Waals surface area contributed by atoms with Gasteiger partial charge in [0.25, 0.3) is 0 Å². The van der Waals surface area contributed by atoms with Gasteiger partial charge in [0.2, 0.25) is 0 Å². The molecule has 2 aromatic carbocycles. The molecule has 0 radical (unpaired) electrons. The van der Waals surface area contributed by atoms with Crippen LogP contribution in [0.5, 0.6) is 0 Å². The van der Waals surface area contributed by atoms with Gasteiger partial charge in [0.1, 0.15) is 0 Å². The lowest BCUT2D eigenvalue weighted by atomic mass is 10.0. The van der Waals surface area contributed by atoms with Crippen molar-refractivity contribution in [1.82, 2.24) is 4.90 Å². The Morgan fingerprint density at radius 3 is 2.37 bits per heavy atom. The van der Waals surface area contributed by atoms with Gasteiger partial charge < -0.3 is 5.73 Å². The number of nitrogens with two attached hydrogens (primary N) is 1. The molecule has 0 saturated carbocycles. The van der Waals surface area contributed by atoms with Crippen LogP contribution in [0.1, 0.15) is 17.2 Å². The smallest absolute Gasteiger partial charge is 0.0610 e. The number of hydrogen-bond donors (Lipinski definition) is 1. The first-order valence-corrected chi connectivity index (χ1v) is 6.80. The predicted octanol–water partition coefficient (Wildman–Crippen LogP) is 4.21. The van der Waals surface area contributed by atoms with Gasteiger partial charge in [-0.3, -0.25) is 4.90 Å². The third-order valence-corrected chi connectivity index (χ3v) is 4.01. The summed E-state index contributed by atoms with van der Waals surface area (Å²) < 4.78 is 0. The van der Waals surface area contributed by atoms with E-state index in [4.69, 9.17) is 28.9 Å². The van der Waals surface area contributed by atoms with E-state index in [0.717, 1.165) is 27.4 Å². The van der Waals surface area contributed by atoms with E-state index in [-0.39, 0.29) is 6.04 Å². The SMILES string of the molecule is CN(C)[C@@H]1c2cc(Cl)ccc2-c2c(N)cc(Cl)cc21.